The lowest BCUT2D eigenvalue weighted by Gasteiger charge is -2.35. The van der Waals surface area contributed by atoms with E-state index in [1.807, 2.05) is 41.3 Å². The second kappa shape index (κ2) is 9.00. The van der Waals surface area contributed by atoms with Crippen LogP contribution >= 0.6 is 0 Å². The number of likely N-dealkylation sites (N-methyl/N-ethyl adjacent to an activating group) is 1. The van der Waals surface area contributed by atoms with Crippen LogP contribution in [-0.2, 0) is 17.6 Å². The number of fused-ring (bicyclic) bond motifs is 1. The molecule has 1 saturated heterocycles. The van der Waals surface area contributed by atoms with Gasteiger partial charge in [-0.05, 0) is 41.5 Å². The Kier molecular flexibility index (Phi) is 6.18. The van der Waals surface area contributed by atoms with E-state index in [1.54, 1.807) is 19.0 Å². The van der Waals surface area contributed by atoms with Crippen molar-refractivity contribution >= 4 is 16.8 Å². The summed E-state index contributed by atoms with van der Waals surface area (Å²) in [6.07, 6.45) is 3.93. The molecule has 2 heterocycles. The van der Waals surface area contributed by atoms with Crippen LogP contribution in [-0.4, -0.2) is 53.8 Å². The second-order valence-corrected chi connectivity index (χ2v) is 8.47. The van der Waals surface area contributed by atoms with Crippen LogP contribution in [0.4, 0.5) is 4.39 Å². The first-order valence-corrected chi connectivity index (χ1v) is 10.7. The number of alkyl halides is 1. The van der Waals surface area contributed by atoms with Crippen LogP contribution in [0.2, 0.25) is 0 Å². The first kappa shape index (κ1) is 20.6. The van der Waals surface area contributed by atoms with Crippen LogP contribution in [0, 0.1) is 0 Å². The van der Waals surface area contributed by atoms with Crippen LogP contribution in [0.5, 0.6) is 0 Å². The first-order chi connectivity index (χ1) is 14.5. The molecule has 4 nitrogen and oxygen atoms in total. The average molecular weight is 408 g/mol. The molecule has 2 aromatic carbocycles. The van der Waals surface area contributed by atoms with Crippen molar-refractivity contribution in [2.24, 2.45) is 0 Å². The van der Waals surface area contributed by atoms with Crippen molar-refractivity contribution in [1.29, 1.82) is 0 Å². The van der Waals surface area contributed by atoms with Crippen molar-refractivity contribution in [3.05, 3.63) is 71.9 Å². The van der Waals surface area contributed by atoms with Gasteiger partial charge < -0.3 is 9.47 Å². The first-order valence-electron chi connectivity index (χ1n) is 10.7. The molecule has 0 radical (unpaired) electrons. The van der Waals surface area contributed by atoms with Crippen LogP contribution in [0.25, 0.3) is 10.9 Å². The van der Waals surface area contributed by atoms with E-state index in [9.17, 15) is 9.18 Å². The molecule has 1 aliphatic rings. The predicted molar refractivity (Wildman–Crippen MR) is 119 cm³/mol. The minimum absolute atomic E-state index is 0.105. The predicted octanol–water partition coefficient (Wildman–Crippen LogP) is 4.45. The van der Waals surface area contributed by atoms with Crippen molar-refractivity contribution in [3.8, 4) is 0 Å². The molecule has 158 valence electrons. The average Bonchev–Trinajstić information content (AvgIpc) is 3.17. The maximum atomic E-state index is 14.8. The van der Waals surface area contributed by atoms with Crippen molar-refractivity contribution in [2.75, 3.05) is 27.2 Å². The molecule has 3 aromatic rings. The van der Waals surface area contributed by atoms with E-state index in [0.717, 1.165) is 37.1 Å². The summed E-state index contributed by atoms with van der Waals surface area (Å²) >= 11 is 0. The van der Waals surface area contributed by atoms with E-state index in [4.69, 9.17) is 0 Å². The summed E-state index contributed by atoms with van der Waals surface area (Å²) in [5.41, 5.74) is 3.24. The number of likely N-dealkylation sites (tertiary alicyclic amines) is 1. The molecule has 0 bridgehead atoms. The molecule has 1 aromatic heterocycles. The minimum Gasteiger partial charge on any atom is -0.349 e. The van der Waals surface area contributed by atoms with Gasteiger partial charge in [-0.15, -0.1) is 0 Å². The van der Waals surface area contributed by atoms with Gasteiger partial charge in [0, 0.05) is 51.4 Å². The zero-order chi connectivity index (χ0) is 21.1. The fraction of sp³-hybridized carbons (Fsp3) is 0.400. The zero-order valence-corrected chi connectivity index (χ0v) is 17.8. The highest BCUT2D eigenvalue weighted by atomic mass is 19.1. The monoisotopic (exact) mass is 407 g/mol. The van der Waals surface area contributed by atoms with Gasteiger partial charge in [-0.2, -0.15) is 0 Å². The van der Waals surface area contributed by atoms with Crippen molar-refractivity contribution in [3.63, 3.8) is 0 Å². The number of hydrogen-bond acceptors (Lipinski definition) is 2. The Labute approximate surface area is 177 Å². The number of amides is 1. The van der Waals surface area contributed by atoms with E-state index in [1.165, 1.54) is 10.9 Å². The van der Waals surface area contributed by atoms with Crippen molar-refractivity contribution < 1.29 is 9.18 Å². The maximum Gasteiger partial charge on any atom is 0.226 e. The lowest BCUT2D eigenvalue weighted by Crippen LogP contribution is -2.40. The van der Waals surface area contributed by atoms with Crippen molar-refractivity contribution in [2.45, 2.75) is 38.0 Å². The molecule has 0 spiro atoms. The van der Waals surface area contributed by atoms with E-state index in [-0.39, 0.29) is 5.91 Å². The Bertz CT molecular complexity index is 990. The number of carbonyl (C=O) groups excluding carboxylic acids is 1. The van der Waals surface area contributed by atoms with Crippen LogP contribution in [0.1, 0.15) is 30.0 Å². The number of halogens is 1. The SMILES string of the molecule is CN(C)C(=O)Cc1ccc2ccn(C3CCN(C(F)Cc4ccccc4)CC3)c2c1. The molecule has 4 rings (SSSR count). The second-order valence-electron chi connectivity index (χ2n) is 8.47. The third-order valence-corrected chi connectivity index (χ3v) is 6.18. The van der Waals surface area contributed by atoms with Gasteiger partial charge >= 0.3 is 0 Å². The quantitative estimate of drug-likeness (QED) is 0.565. The highest BCUT2D eigenvalue weighted by Crippen LogP contribution is 2.30. The Morgan fingerprint density at radius 2 is 1.80 bits per heavy atom. The molecule has 5 heteroatoms. The third-order valence-electron chi connectivity index (χ3n) is 6.18. The lowest BCUT2D eigenvalue weighted by molar-refractivity contribution is -0.127. The molecule has 0 saturated carbocycles. The number of nitrogens with zero attached hydrogens (tertiary/aromatic N) is 3. The van der Waals surface area contributed by atoms with Gasteiger partial charge in [0.2, 0.25) is 5.91 Å². The lowest BCUT2D eigenvalue weighted by atomic mass is 10.0. The van der Waals surface area contributed by atoms with E-state index in [2.05, 4.69) is 29.0 Å². The fourth-order valence-corrected chi connectivity index (χ4v) is 4.34. The number of benzene rings is 2. The summed E-state index contributed by atoms with van der Waals surface area (Å²) in [5, 5.41) is 1.19. The number of piperidine rings is 1. The summed E-state index contributed by atoms with van der Waals surface area (Å²) in [6.45, 7) is 1.52. The van der Waals surface area contributed by atoms with Gasteiger partial charge in [0.1, 0.15) is 0 Å². The van der Waals surface area contributed by atoms with Gasteiger partial charge in [0.25, 0.3) is 0 Å². The number of rotatable bonds is 6. The van der Waals surface area contributed by atoms with Crippen LogP contribution < -0.4 is 0 Å². The van der Waals surface area contributed by atoms with Crippen molar-refractivity contribution in [1.82, 2.24) is 14.4 Å². The molecule has 0 N–H and O–H groups in total. The summed E-state index contributed by atoms with van der Waals surface area (Å²) in [5.74, 6) is 0.105. The molecule has 30 heavy (non-hydrogen) atoms. The molecule has 1 atom stereocenters. The third kappa shape index (κ3) is 4.57. The van der Waals surface area contributed by atoms with E-state index < -0.39 is 6.30 Å². The van der Waals surface area contributed by atoms with Crippen LogP contribution in [0.15, 0.2) is 60.8 Å². The minimum atomic E-state index is -0.932. The maximum absolute atomic E-state index is 14.8. The van der Waals surface area contributed by atoms with Gasteiger partial charge in [-0.1, -0.05) is 42.5 Å². The molecule has 1 unspecified atom stereocenters. The highest BCUT2D eigenvalue weighted by Gasteiger charge is 2.26. The topological polar surface area (TPSA) is 28.5 Å². The molecule has 1 fully saturated rings. The van der Waals surface area contributed by atoms with E-state index >= 15 is 0 Å². The number of aromatic nitrogens is 1. The summed E-state index contributed by atoms with van der Waals surface area (Å²) in [4.78, 5) is 15.7. The zero-order valence-electron chi connectivity index (χ0n) is 17.8. The Hall–Kier alpha value is -2.66. The molecular weight excluding hydrogens is 377 g/mol. The van der Waals surface area contributed by atoms with E-state index in [0.29, 0.717) is 18.9 Å². The van der Waals surface area contributed by atoms with Gasteiger partial charge in [-0.3, -0.25) is 9.69 Å². The summed E-state index contributed by atoms with van der Waals surface area (Å²) in [7, 11) is 3.57. The number of carbonyl (C=O) groups is 1. The molecule has 0 aliphatic carbocycles. The summed E-state index contributed by atoms with van der Waals surface area (Å²) < 4.78 is 17.1. The Morgan fingerprint density at radius 3 is 2.50 bits per heavy atom. The normalized spacial score (nSPS) is 16.6. The Morgan fingerprint density at radius 1 is 1.07 bits per heavy atom. The van der Waals surface area contributed by atoms with Gasteiger partial charge in [0.05, 0.1) is 6.42 Å². The van der Waals surface area contributed by atoms with Gasteiger partial charge in [-0.25, -0.2) is 4.39 Å². The Balaban J connectivity index is 1.42. The van der Waals surface area contributed by atoms with Gasteiger partial charge in [0.15, 0.2) is 6.30 Å². The molecular formula is C25H30FN3O. The highest BCUT2D eigenvalue weighted by molar-refractivity contribution is 5.84. The smallest absolute Gasteiger partial charge is 0.226 e. The van der Waals surface area contributed by atoms with Crippen LogP contribution in [0.3, 0.4) is 0 Å². The largest absolute Gasteiger partial charge is 0.349 e. The fourth-order valence-electron chi connectivity index (χ4n) is 4.34. The molecule has 1 amide bonds. The number of hydrogen-bond donors (Lipinski definition) is 0. The molecule has 1 aliphatic heterocycles. The summed E-state index contributed by atoms with van der Waals surface area (Å²) in [6, 6.07) is 18.6. The standard InChI is InChI=1S/C25H30FN3O/c1-27(2)25(30)18-20-8-9-21-10-15-29(23(21)16-20)22-11-13-28(14-12-22)24(26)17-19-6-4-3-5-7-19/h3-10,15-16,22,24H,11-14,17-18H2,1-2H3.